The van der Waals surface area contributed by atoms with Gasteiger partial charge in [-0.1, -0.05) is 12.1 Å². The van der Waals surface area contributed by atoms with Crippen LogP contribution in [0.2, 0.25) is 0 Å². The first-order valence-corrected chi connectivity index (χ1v) is 9.35. The molecule has 1 aromatic carbocycles. The van der Waals surface area contributed by atoms with Crippen LogP contribution < -0.4 is 5.32 Å². The van der Waals surface area contributed by atoms with E-state index < -0.39 is 0 Å². The molecule has 1 N–H and O–H groups in total. The number of hydrogen-bond acceptors (Lipinski definition) is 4. The summed E-state index contributed by atoms with van der Waals surface area (Å²) < 4.78 is 19.3. The maximum absolute atomic E-state index is 13.8. The summed E-state index contributed by atoms with van der Waals surface area (Å²) in [6.07, 6.45) is 4.62. The van der Waals surface area contributed by atoms with Gasteiger partial charge < -0.3 is 10.1 Å². The minimum atomic E-state index is -0.123. The zero-order valence-corrected chi connectivity index (χ0v) is 14.3. The minimum Gasteiger partial charge on any atom is -0.381 e. The Bertz CT molecular complexity index is 543. The van der Waals surface area contributed by atoms with Gasteiger partial charge in [0.15, 0.2) is 0 Å². The average molecular weight is 333 g/mol. The third kappa shape index (κ3) is 3.49. The largest absolute Gasteiger partial charge is 0.381 e. The Hall–Kier alpha value is -1.01. The lowest BCUT2D eigenvalue weighted by Gasteiger charge is -2.36. The molecule has 24 heavy (non-hydrogen) atoms. The van der Waals surface area contributed by atoms with E-state index in [4.69, 9.17) is 4.74 Å². The lowest BCUT2D eigenvalue weighted by Crippen LogP contribution is -2.45. The van der Waals surface area contributed by atoms with E-state index in [1.165, 1.54) is 12.8 Å². The second-order valence-electron chi connectivity index (χ2n) is 7.32. The maximum atomic E-state index is 13.8. The van der Waals surface area contributed by atoms with Crippen molar-refractivity contribution in [1.29, 1.82) is 0 Å². The molecule has 1 atom stereocenters. The van der Waals surface area contributed by atoms with Crippen molar-refractivity contribution in [2.75, 3.05) is 39.5 Å². The van der Waals surface area contributed by atoms with E-state index in [-0.39, 0.29) is 5.82 Å². The number of nitrogens with one attached hydrogen (secondary N) is 1. The van der Waals surface area contributed by atoms with Crippen molar-refractivity contribution >= 4 is 0 Å². The summed E-state index contributed by atoms with van der Waals surface area (Å²) in [6, 6.07) is 8.74. The van der Waals surface area contributed by atoms with E-state index >= 15 is 0 Å². The van der Waals surface area contributed by atoms with Crippen LogP contribution >= 0.6 is 0 Å². The molecule has 5 heteroatoms. The summed E-state index contributed by atoms with van der Waals surface area (Å²) in [5, 5.41) is 3.46. The highest BCUT2D eigenvalue weighted by Gasteiger charge is 2.39. The molecule has 0 bridgehead atoms. The molecule has 132 valence electrons. The quantitative estimate of drug-likeness (QED) is 0.919. The van der Waals surface area contributed by atoms with Gasteiger partial charge in [0, 0.05) is 37.9 Å². The minimum absolute atomic E-state index is 0.123. The van der Waals surface area contributed by atoms with Crippen LogP contribution in [0.25, 0.3) is 0 Å². The molecular weight excluding hydrogens is 305 g/mol. The molecule has 0 aromatic heterocycles. The Labute approximate surface area is 144 Å². The third-order valence-corrected chi connectivity index (χ3v) is 5.87. The highest BCUT2D eigenvalue weighted by molar-refractivity contribution is 5.22. The molecule has 0 saturated carbocycles. The molecule has 0 spiro atoms. The second kappa shape index (κ2) is 7.48. The van der Waals surface area contributed by atoms with E-state index in [2.05, 4.69) is 21.2 Å². The van der Waals surface area contributed by atoms with E-state index in [0.717, 1.165) is 57.9 Å². The Morgan fingerprint density at radius 3 is 2.58 bits per heavy atom. The van der Waals surface area contributed by atoms with Gasteiger partial charge in [-0.05, 0) is 56.5 Å². The number of nitrogens with zero attached hydrogens (tertiary/aromatic N) is 2. The van der Waals surface area contributed by atoms with E-state index in [1.54, 1.807) is 12.1 Å². The zero-order chi connectivity index (χ0) is 16.4. The van der Waals surface area contributed by atoms with Gasteiger partial charge in [-0.25, -0.2) is 4.39 Å². The first-order valence-electron chi connectivity index (χ1n) is 9.35. The summed E-state index contributed by atoms with van der Waals surface area (Å²) in [6.45, 7) is 5.95. The number of rotatable bonds is 3. The number of benzene rings is 1. The monoisotopic (exact) mass is 333 g/mol. The molecule has 0 unspecified atom stereocenters. The molecule has 0 amide bonds. The van der Waals surface area contributed by atoms with Gasteiger partial charge in [-0.15, -0.1) is 0 Å². The zero-order valence-electron chi connectivity index (χ0n) is 14.3. The fourth-order valence-electron chi connectivity index (χ4n) is 4.53. The smallest absolute Gasteiger partial charge is 0.123 e. The van der Waals surface area contributed by atoms with E-state index in [9.17, 15) is 4.39 Å². The van der Waals surface area contributed by atoms with Gasteiger partial charge in [0.1, 0.15) is 5.82 Å². The van der Waals surface area contributed by atoms with Crippen molar-refractivity contribution in [3.05, 3.63) is 35.6 Å². The van der Waals surface area contributed by atoms with Crippen LogP contribution in [0.3, 0.4) is 0 Å². The van der Waals surface area contributed by atoms with Crippen molar-refractivity contribution in [2.45, 2.75) is 43.8 Å². The van der Waals surface area contributed by atoms with Crippen LogP contribution in [0.1, 0.15) is 37.3 Å². The average Bonchev–Trinajstić information content (AvgIpc) is 3.09. The van der Waals surface area contributed by atoms with Crippen molar-refractivity contribution in [3.63, 3.8) is 0 Å². The third-order valence-electron chi connectivity index (χ3n) is 5.87. The first kappa shape index (κ1) is 16.5. The van der Waals surface area contributed by atoms with Gasteiger partial charge in [-0.2, -0.15) is 0 Å². The van der Waals surface area contributed by atoms with Crippen LogP contribution in [-0.2, 0) is 4.74 Å². The Kier molecular flexibility index (Phi) is 5.13. The number of ether oxygens (including phenoxy) is 1. The van der Waals surface area contributed by atoms with Gasteiger partial charge >= 0.3 is 0 Å². The summed E-state index contributed by atoms with van der Waals surface area (Å²) in [7, 11) is 0. The van der Waals surface area contributed by atoms with Gasteiger partial charge in [-0.3, -0.25) is 9.80 Å². The van der Waals surface area contributed by atoms with Gasteiger partial charge in [0.05, 0.1) is 6.67 Å². The topological polar surface area (TPSA) is 27.7 Å². The molecule has 1 aromatic rings. The van der Waals surface area contributed by atoms with Crippen LogP contribution in [0.15, 0.2) is 24.3 Å². The number of hydrogen-bond donors (Lipinski definition) is 1. The maximum Gasteiger partial charge on any atom is 0.123 e. The Balaban J connectivity index is 1.55. The van der Waals surface area contributed by atoms with Crippen molar-refractivity contribution < 1.29 is 9.13 Å². The number of halogens is 1. The second-order valence-corrected chi connectivity index (χ2v) is 7.32. The van der Waals surface area contributed by atoms with Crippen LogP contribution in [0.4, 0.5) is 4.39 Å². The summed E-state index contributed by atoms with van der Waals surface area (Å²) in [5.41, 5.74) is 1.13. The fraction of sp³-hybridized carbons (Fsp3) is 0.684. The molecule has 3 aliphatic rings. The van der Waals surface area contributed by atoms with Crippen LogP contribution in [-0.4, -0.2) is 61.4 Å². The van der Waals surface area contributed by atoms with Crippen molar-refractivity contribution in [1.82, 2.24) is 15.1 Å². The predicted molar refractivity (Wildman–Crippen MR) is 92.3 cm³/mol. The fourth-order valence-corrected chi connectivity index (χ4v) is 4.53. The highest BCUT2D eigenvalue weighted by Crippen LogP contribution is 2.35. The normalized spacial score (nSPS) is 28.5. The molecule has 0 aliphatic carbocycles. The van der Waals surface area contributed by atoms with Crippen molar-refractivity contribution in [2.24, 2.45) is 0 Å². The van der Waals surface area contributed by atoms with E-state index in [0.29, 0.717) is 18.1 Å². The lowest BCUT2D eigenvalue weighted by atomic mass is 10.00. The molecule has 3 saturated heterocycles. The Morgan fingerprint density at radius 1 is 1.04 bits per heavy atom. The molecule has 0 radical (unpaired) electrons. The lowest BCUT2D eigenvalue weighted by molar-refractivity contribution is 0.0326. The van der Waals surface area contributed by atoms with Crippen molar-refractivity contribution in [3.8, 4) is 0 Å². The molecule has 3 fully saturated rings. The molecular formula is C19H28FN3O. The number of piperidine rings is 1. The summed E-state index contributed by atoms with van der Waals surface area (Å²) >= 11 is 0. The van der Waals surface area contributed by atoms with Gasteiger partial charge in [0.2, 0.25) is 0 Å². The molecule has 3 heterocycles. The summed E-state index contributed by atoms with van der Waals surface area (Å²) in [4.78, 5) is 5.24. The standard InChI is InChI=1S/C19H28FN3O/c20-16-3-1-2-15(12-16)19-13-22(17-6-10-24-11-7-17)14-23(19)18-4-8-21-9-5-18/h1-3,12,17-19,21H,4-11,13-14H2/t19-/m0/s1. The molecule has 3 aliphatic heterocycles. The SMILES string of the molecule is Fc1cccc([C@@H]2CN(C3CCOCC3)CN2C2CCNCC2)c1. The summed E-state index contributed by atoms with van der Waals surface area (Å²) in [5.74, 6) is -0.123. The highest BCUT2D eigenvalue weighted by atomic mass is 19.1. The van der Waals surface area contributed by atoms with E-state index in [1.807, 2.05) is 6.07 Å². The van der Waals surface area contributed by atoms with Crippen LogP contribution in [0, 0.1) is 5.82 Å². The van der Waals surface area contributed by atoms with Gasteiger partial charge in [0.25, 0.3) is 0 Å². The molecule has 4 rings (SSSR count). The Morgan fingerprint density at radius 2 is 1.83 bits per heavy atom. The predicted octanol–water partition coefficient (Wildman–Crippen LogP) is 2.37. The first-order chi connectivity index (χ1) is 11.8. The molecule has 4 nitrogen and oxygen atoms in total. The van der Waals surface area contributed by atoms with Crippen LogP contribution in [0.5, 0.6) is 0 Å².